The Kier molecular flexibility index (Phi) is 3.61. The first-order valence-electron chi connectivity index (χ1n) is 8.54. The molecule has 4 aliphatic carbocycles. The SMILES string of the molecule is CCS/C(=N\C12CC3CC(CC(C3)C1)C2)c1ccccc1. The van der Waals surface area contributed by atoms with Crippen LogP contribution in [-0.2, 0) is 0 Å². The molecule has 0 saturated heterocycles. The van der Waals surface area contributed by atoms with Crippen molar-refractivity contribution in [3.8, 4) is 0 Å². The van der Waals surface area contributed by atoms with Crippen LogP contribution in [0.5, 0.6) is 0 Å². The van der Waals surface area contributed by atoms with E-state index in [1.807, 2.05) is 11.8 Å². The van der Waals surface area contributed by atoms with Crippen molar-refractivity contribution >= 4 is 16.8 Å². The van der Waals surface area contributed by atoms with E-state index in [0.717, 1.165) is 23.5 Å². The lowest BCUT2D eigenvalue weighted by Gasteiger charge is -2.55. The molecule has 0 atom stereocenters. The molecule has 0 unspecified atom stereocenters. The van der Waals surface area contributed by atoms with E-state index in [2.05, 4.69) is 37.3 Å². The molecule has 4 fully saturated rings. The number of aliphatic imine (C=N–C) groups is 1. The summed E-state index contributed by atoms with van der Waals surface area (Å²) in [6.07, 6.45) is 8.57. The van der Waals surface area contributed by atoms with Gasteiger partial charge < -0.3 is 0 Å². The number of hydrogen-bond donors (Lipinski definition) is 0. The van der Waals surface area contributed by atoms with Crippen molar-refractivity contribution in [2.45, 2.75) is 51.0 Å². The van der Waals surface area contributed by atoms with Gasteiger partial charge in [-0.05, 0) is 62.0 Å². The van der Waals surface area contributed by atoms with E-state index < -0.39 is 0 Å². The second-order valence-corrected chi connectivity index (χ2v) is 8.61. The Morgan fingerprint density at radius 2 is 1.62 bits per heavy atom. The highest BCUT2D eigenvalue weighted by molar-refractivity contribution is 8.14. The van der Waals surface area contributed by atoms with Crippen LogP contribution in [0.2, 0.25) is 0 Å². The summed E-state index contributed by atoms with van der Waals surface area (Å²) in [7, 11) is 0. The molecule has 0 radical (unpaired) electrons. The Morgan fingerprint density at radius 3 is 2.14 bits per heavy atom. The topological polar surface area (TPSA) is 12.4 Å². The predicted octanol–water partition coefficient (Wildman–Crippen LogP) is 5.16. The standard InChI is InChI=1S/C19H25NS/c1-2-21-18(17-6-4-3-5-7-17)20-19-11-14-8-15(12-19)10-16(9-14)13-19/h3-7,14-16H,2,8-13H2,1H3/b20-18-. The van der Waals surface area contributed by atoms with Crippen LogP contribution in [0.3, 0.4) is 0 Å². The monoisotopic (exact) mass is 299 g/mol. The van der Waals surface area contributed by atoms with E-state index in [1.165, 1.54) is 49.1 Å². The molecule has 0 aromatic heterocycles. The van der Waals surface area contributed by atoms with E-state index in [4.69, 9.17) is 4.99 Å². The summed E-state index contributed by atoms with van der Waals surface area (Å²) in [6, 6.07) is 10.8. The molecule has 1 aromatic rings. The van der Waals surface area contributed by atoms with E-state index in [1.54, 1.807) is 0 Å². The van der Waals surface area contributed by atoms with Gasteiger partial charge in [-0.3, -0.25) is 4.99 Å². The second kappa shape index (κ2) is 5.46. The number of nitrogens with zero attached hydrogens (tertiary/aromatic N) is 1. The summed E-state index contributed by atoms with van der Waals surface area (Å²) in [5.41, 5.74) is 1.61. The molecule has 0 N–H and O–H groups in total. The quantitative estimate of drug-likeness (QED) is 0.555. The van der Waals surface area contributed by atoms with Gasteiger partial charge in [-0.2, -0.15) is 0 Å². The van der Waals surface area contributed by atoms with Crippen LogP contribution in [-0.4, -0.2) is 16.3 Å². The fourth-order valence-electron chi connectivity index (χ4n) is 5.31. The average Bonchev–Trinajstić information content (AvgIpc) is 2.46. The van der Waals surface area contributed by atoms with Gasteiger partial charge in [-0.25, -0.2) is 0 Å². The molecular formula is C19H25NS. The summed E-state index contributed by atoms with van der Waals surface area (Å²) in [5.74, 6) is 4.04. The highest BCUT2D eigenvalue weighted by atomic mass is 32.2. The second-order valence-electron chi connectivity index (χ2n) is 7.36. The third kappa shape index (κ3) is 2.67. The zero-order chi connectivity index (χ0) is 14.3. The third-order valence-corrected chi connectivity index (χ3v) is 6.54. The van der Waals surface area contributed by atoms with Crippen molar-refractivity contribution in [3.05, 3.63) is 35.9 Å². The van der Waals surface area contributed by atoms with Crippen LogP contribution in [0.15, 0.2) is 35.3 Å². The molecule has 0 aliphatic heterocycles. The number of benzene rings is 1. The van der Waals surface area contributed by atoms with E-state index in [0.29, 0.717) is 5.54 Å². The van der Waals surface area contributed by atoms with Crippen LogP contribution in [0, 0.1) is 17.8 Å². The van der Waals surface area contributed by atoms with Gasteiger partial charge in [0.05, 0.1) is 10.6 Å². The fourth-order valence-corrected chi connectivity index (χ4v) is 6.15. The molecule has 4 aliphatic rings. The van der Waals surface area contributed by atoms with Crippen molar-refractivity contribution in [1.82, 2.24) is 0 Å². The highest BCUT2D eigenvalue weighted by Crippen LogP contribution is 2.57. The first-order chi connectivity index (χ1) is 10.3. The molecule has 0 amide bonds. The van der Waals surface area contributed by atoms with Crippen LogP contribution in [0.25, 0.3) is 0 Å². The van der Waals surface area contributed by atoms with Crippen LogP contribution >= 0.6 is 11.8 Å². The maximum Gasteiger partial charge on any atom is 0.0983 e. The molecular weight excluding hydrogens is 274 g/mol. The fraction of sp³-hybridized carbons (Fsp3) is 0.632. The number of rotatable bonds is 3. The molecule has 1 nitrogen and oxygen atoms in total. The Labute approximate surface area is 132 Å². The Hall–Kier alpha value is -0.760. The zero-order valence-corrected chi connectivity index (χ0v) is 13.7. The summed E-state index contributed by atoms with van der Waals surface area (Å²) >= 11 is 1.93. The molecule has 112 valence electrons. The van der Waals surface area contributed by atoms with Crippen molar-refractivity contribution < 1.29 is 0 Å². The Bertz CT molecular complexity index is 498. The first kappa shape index (κ1) is 13.9. The van der Waals surface area contributed by atoms with Gasteiger partial charge in [0, 0.05) is 5.56 Å². The third-order valence-electron chi connectivity index (χ3n) is 5.65. The van der Waals surface area contributed by atoms with E-state index in [9.17, 15) is 0 Å². The minimum atomic E-state index is 0.294. The van der Waals surface area contributed by atoms with Crippen molar-refractivity contribution in [2.75, 3.05) is 5.75 Å². The van der Waals surface area contributed by atoms with Gasteiger partial charge in [0.25, 0.3) is 0 Å². The minimum Gasteiger partial charge on any atom is -0.271 e. The Morgan fingerprint density at radius 1 is 1.05 bits per heavy atom. The van der Waals surface area contributed by atoms with Gasteiger partial charge in [0.2, 0.25) is 0 Å². The lowest BCUT2D eigenvalue weighted by Crippen LogP contribution is -2.49. The average molecular weight is 299 g/mol. The highest BCUT2D eigenvalue weighted by Gasteiger charge is 2.51. The van der Waals surface area contributed by atoms with Crippen molar-refractivity contribution in [2.24, 2.45) is 22.7 Å². The van der Waals surface area contributed by atoms with E-state index in [-0.39, 0.29) is 0 Å². The molecule has 0 heterocycles. The summed E-state index contributed by atoms with van der Waals surface area (Å²) in [6.45, 7) is 2.24. The first-order valence-corrected chi connectivity index (χ1v) is 9.53. The number of hydrogen-bond acceptors (Lipinski definition) is 2. The number of thioether (sulfide) groups is 1. The Balaban J connectivity index is 1.67. The lowest BCUT2D eigenvalue weighted by atomic mass is 9.53. The minimum absolute atomic E-state index is 0.294. The normalized spacial score (nSPS) is 38.0. The molecule has 21 heavy (non-hydrogen) atoms. The predicted molar refractivity (Wildman–Crippen MR) is 92.0 cm³/mol. The smallest absolute Gasteiger partial charge is 0.0983 e. The maximum absolute atomic E-state index is 5.41. The lowest BCUT2D eigenvalue weighted by molar-refractivity contribution is 0.00186. The van der Waals surface area contributed by atoms with Crippen LogP contribution < -0.4 is 0 Å². The van der Waals surface area contributed by atoms with Gasteiger partial charge >= 0.3 is 0 Å². The maximum atomic E-state index is 5.41. The van der Waals surface area contributed by atoms with Crippen LogP contribution in [0.4, 0.5) is 0 Å². The largest absolute Gasteiger partial charge is 0.271 e. The summed E-state index contributed by atoms with van der Waals surface area (Å²) in [5, 5.41) is 1.29. The van der Waals surface area contributed by atoms with Gasteiger partial charge in [-0.1, -0.05) is 37.3 Å². The summed E-state index contributed by atoms with van der Waals surface area (Å²) in [4.78, 5) is 5.41. The molecule has 4 bridgehead atoms. The van der Waals surface area contributed by atoms with Crippen molar-refractivity contribution in [3.63, 3.8) is 0 Å². The van der Waals surface area contributed by atoms with E-state index >= 15 is 0 Å². The van der Waals surface area contributed by atoms with Gasteiger partial charge in [-0.15, -0.1) is 11.8 Å². The molecule has 0 spiro atoms. The zero-order valence-electron chi connectivity index (χ0n) is 12.9. The molecule has 4 saturated carbocycles. The van der Waals surface area contributed by atoms with Gasteiger partial charge in [0.1, 0.15) is 0 Å². The molecule has 1 aromatic carbocycles. The van der Waals surface area contributed by atoms with Crippen LogP contribution in [0.1, 0.15) is 51.0 Å². The van der Waals surface area contributed by atoms with Crippen molar-refractivity contribution in [1.29, 1.82) is 0 Å². The summed E-state index contributed by atoms with van der Waals surface area (Å²) < 4.78 is 0. The molecule has 5 rings (SSSR count). The van der Waals surface area contributed by atoms with Gasteiger partial charge in [0.15, 0.2) is 0 Å². The molecule has 2 heteroatoms.